The van der Waals surface area contributed by atoms with Crippen LogP contribution in [0.2, 0.25) is 0 Å². The zero-order valence-electron chi connectivity index (χ0n) is 16.5. The lowest BCUT2D eigenvalue weighted by Gasteiger charge is -2.20. The molecule has 0 bridgehead atoms. The third-order valence-corrected chi connectivity index (χ3v) is 5.79. The van der Waals surface area contributed by atoms with Crippen LogP contribution in [0.4, 0.5) is 0 Å². The van der Waals surface area contributed by atoms with E-state index in [0.717, 1.165) is 5.56 Å². The number of aryl methyl sites for hydroxylation is 1. The Balaban J connectivity index is 2.21. The molecule has 0 saturated carbocycles. The molecule has 0 spiro atoms. The quantitative estimate of drug-likeness (QED) is 0.761. The standard InChI is InChI=1S/C20H25N3O4S/c1-15-10-11-17(20(25)23(4)14-19(24)22(2)3)12-18(15)28(26,27)21-13-16-8-6-5-7-9-16/h5-12,21H,13-14H2,1-4H3. The van der Waals surface area contributed by atoms with Crippen LogP contribution in [0.5, 0.6) is 0 Å². The third kappa shape index (κ3) is 5.40. The van der Waals surface area contributed by atoms with E-state index in [2.05, 4.69) is 4.72 Å². The minimum absolute atomic E-state index is 0.0432. The van der Waals surface area contributed by atoms with E-state index in [9.17, 15) is 18.0 Å². The van der Waals surface area contributed by atoms with Gasteiger partial charge in [-0.25, -0.2) is 13.1 Å². The van der Waals surface area contributed by atoms with Crippen molar-refractivity contribution in [2.75, 3.05) is 27.7 Å². The van der Waals surface area contributed by atoms with Gasteiger partial charge in [-0.2, -0.15) is 0 Å². The number of likely N-dealkylation sites (N-methyl/N-ethyl adjacent to an activating group) is 2. The fourth-order valence-corrected chi connectivity index (χ4v) is 3.80. The number of sulfonamides is 1. The number of carbonyl (C=O) groups excluding carboxylic acids is 2. The van der Waals surface area contributed by atoms with Gasteiger partial charge in [-0.05, 0) is 30.2 Å². The molecule has 8 heteroatoms. The van der Waals surface area contributed by atoms with Crippen molar-refractivity contribution in [2.45, 2.75) is 18.4 Å². The van der Waals surface area contributed by atoms with E-state index < -0.39 is 15.9 Å². The lowest BCUT2D eigenvalue weighted by molar-refractivity contribution is -0.129. The molecular weight excluding hydrogens is 378 g/mol. The SMILES string of the molecule is Cc1ccc(C(=O)N(C)CC(=O)N(C)C)cc1S(=O)(=O)NCc1ccccc1. The summed E-state index contributed by atoms with van der Waals surface area (Å²) in [5.74, 6) is -0.643. The Bertz CT molecular complexity index is 957. The van der Waals surface area contributed by atoms with Crippen LogP contribution in [0.25, 0.3) is 0 Å². The highest BCUT2D eigenvalue weighted by atomic mass is 32.2. The predicted molar refractivity (Wildman–Crippen MR) is 107 cm³/mol. The summed E-state index contributed by atoms with van der Waals surface area (Å²) < 4.78 is 28.0. The molecule has 0 aromatic heterocycles. The minimum Gasteiger partial charge on any atom is -0.347 e. The molecule has 150 valence electrons. The molecule has 2 aromatic carbocycles. The predicted octanol–water partition coefficient (Wildman–Crippen LogP) is 1.63. The van der Waals surface area contributed by atoms with Crippen LogP contribution in [0.1, 0.15) is 21.5 Å². The number of hydrogen-bond donors (Lipinski definition) is 1. The lowest BCUT2D eigenvalue weighted by Crippen LogP contribution is -2.37. The Morgan fingerprint density at radius 3 is 2.25 bits per heavy atom. The summed E-state index contributed by atoms with van der Waals surface area (Å²) >= 11 is 0. The van der Waals surface area contributed by atoms with Crippen LogP contribution >= 0.6 is 0 Å². The Kier molecular flexibility index (Phi) is 6.93. The van der Waals surface area contributed by atoms with Crippen molar-refractivity contribution in [3.8, 4) is 0 Å². The Morgan fingerprint density at radius 1 is 1.00 bits per heavy atom. The lowest BCUT2D eigenvalue weighted by atomic mass is 10.1. The second-order valence-electron chi connectivity index (χ2n) is 6.74. The largest absolute Gasteiger partial charge is 0.347 e. The normalized spacial score (nSPS) is 11.1. The first-order chi connectivity index (χ1) is 13.1. The molecule has 0 aliphatic heterocycles. The first-order valence-electron chi connectivity index (χ1n) is 8.71. The number of nitrogens with zero attached hydrogens (tertiary/aromatic N) is 2. The van der Waals surface area contributed by atoms with Gasteiger partial charge in [-0.1, -0.05) is 36.4 Å². The summed E-state index contributed by atoms with van der Waals surface area (Å²) in [6.45, 7) is 1.73. The summed E-state index contributed by atoms with van der Waals surface area (Å²) in [5.41, 5.74) is 1.57. The summed E-state index contributed by atoms with van der Waals surface area (Å²) in [4.78, 5) is 27.1. The number of amides is 2. The van der Waals surface area contributed by atoms with Crippen LogP contribution in [0.15, 0.2) is 53.4 Å². The van der Waals surface area contributed by atoms with Gasteiger partial charge in [0.25, 0.3) is 5.91 Å². The maximum Gasteiger partial charge on any atom is 0.254 e. The van der Waals surface area contributed by atoms with Crippen molar-refractivity contribution in [3.63, 3.8) is 0 Å². The number of rotatable bonds is 7. The molecule has 7 nitrogen and oxygen atoms in total. The highest BCUT2D eigenvalue weighted by Crippen LogP contribution is 2.18. The van der Waals surface area contributed by atoms with Crippen LogP contribution in [0.3, 0.4) is 0 Å². The minimum atomic E-state index is -3.80. The number of carbonyl (C=O) groups is 2. The van der Waals surface area contributed by atoms with Crippen molar-refractivity contribution < 1.29 is 18.0 Å². The van der Waals surface area contributed by atoms with Gasteiger partial charge >= 0.3 is 0 Å². The molecule has 2 rings (SSSR count). The zero-order valence-corrected chi connectivity index (χ0v) is 17.3. The Labute approximate surface area is 166 Å². The average molecular weight is 404 g/mol. The molecular formula is C20H25N3O4S. The molecule has 0 aliphatic carbocycles. The van der Waals surface area contributed by atoms with Crippen LogP contribution < -0.4 is 4.72 Å². The van der Waals surface area contributed by atoms with Gasteiger partial charge in [0.15, 0.2) is 0 Å². The molecule has 0 aliphatic rings. The summed E-state index contributed by atoms with van der Waals surface area (Å²) in [6.07, 6.45) is 0. The van der Waals surface area contributed by atoms with Crippen LogP contribution in [-0.4, -0.2) is 57.7 Å². The van der Waals surface area contributed by atoms with Crippen molar-refractivity contribution in [1.82, 2.24) is 14.5 Å². The molecule has 0 radical (unpaired) electrons. The third-order valence-electron chi connectivity index (χ3n) is 4.25. The van der Waals surface area contributed by atoms with Gasteiger partial charge in [0.05, 0.1) is 11.4 Å². The van der Waals surface area contributed by atoms with Gasteiger partial charge in [0, 0.05) is 33.3 Å². The summed E-state index contributed by atoms with van der Waals surface area (Å²) in [6, 6.07) is 13.7. The molecule has 0 heterocycles. The highest BCUT2D eigenvalue weighted by molar-refractivity contribution is 7.89. The van der Waals surface area contributed by atoms with Gasteiger partial charge in [-0.15, -0.1) is 0 Å². The van der Waals surface area contributed by atoms with Crippen molar-refractivity contribution >= 4 is 21.8 Å². The van der Waals surface area contributed by atoms with E-state index in [1.807, 2.05) is 30.3 Å². The fourth-order valence-electron chi connectivity index (χ4n) is 2.51. The Hall–Kier alpha value is -2.71. The highest BCUT2D eigenvalue weighted by Gasteiger charge is 2.21. The topological polar surface area (TPSA) is 86.8 Å². The van der Waals surface area contributed by atoms with Crippen LogP contribution in [0, 0.1) is 6.92 Å². The van der Waals surface area contributed by atoms with E-state index in [1.54, 1.807) is 33.2 Å². The average Bonchev–Trinajstić information content (AvgIpc) is 2.66. The first kappa shape index (κ1) is 21.6. The molecule has 2 amide bonds. The first-order valence-corrected chi connectivity index (χ1v) is 10.2. The van der Waals surface area contributed by atoms with Gasteiger partial charge < -0.3 is 9.80 Å². The number of hydrogen-bond acceptors (Lipinski definition) is 4. The number of benzene rings is 2. The molecule has 0 atom stereocenters. The van der Waals surface area contributed by atoms with Crippen molar-refractivity contribution in [1.29, 1.82) is 0 Å². The maximum atomic E-state index is 12.7. The molecule has 0 fully saturated rings. The van der Waals surface area contributed by atoms with E-state index in [-0.39, 0.29) is 29.5 Å². The van der Waals surface area contributed by atoms with Crippen molar-refractivity contribution in [2.24, 2.45) is 0 Å². The van der Waals surface area contributed by atoms with Crippen molar-refractivity contribution in [3.05, 3.63) is 65.2 Å². The zero-order chi connectivity index (χ0) is 20.9. The Morgan fingerprint density at radius 2 is 1.64 bits per heavy atom. The second kappa shape index (κ2) is 8.99. The maximum absolute atomic E-state index is 12.7. The second-order valence-corrected chi connectivity index (χ2v) is 8.48. The molecule has 1 N–H and O–H groups in total. The van der Waals surface area contributed by atoms with E-state index >= 15 is 0 Å². The smallest absolute Gasteiger partial charge is 0.254 e. The fraction of sp³-hybridized carbons (Fsp3) is 0.300. The van der Waals surface area contributed by atoms with Gasteiger partial charge in [0.1, 0.15) is 0 Å². The van der Waals surface area contributed by atoms with E-state index in [0.29, 0.717) is 5.56 Å². The molecule has 2 aromatic rings. The monoisotopic (exact) mass is 403 g/mol. The number of nitrogens with one attached hydrogen (secondary N) is 1. The summed E-state index contributed by atoms with van der Waals surface area (Å²) in [7, 11) is 0.916. The van der Waals surface area contributed by atoms with Crippen LogP contribution in [-0.2, 0) is 21.4 Å². The van der Waals surface area contributed by atoms with E-state index in [4.69, 9.17) is 0 Å². The summed E-state index contributed by atoms with van der Waals surface area (Å²) in [5, 5.41) is 0. The van der Waals surface area contributed by atoms with Gasteiger partial charge in [-0.3, -0.25) is 9.59 Å². The molecule has 0 saturated heterocycles. The molecule has 28 heavy (non-hydrogen) atoms. The van der Waals surface area contributed by atoms with E-state index in [1.165, 1.54) is 22.9 Å². The van der Waals surface area contributed by atoms with Gasteiger partial charge in [0.2, 0.25) is 15.9 Å². The molecule has 0 unspecified atom stereocenters.